The van der Waals surface area contributed by atoms with Crippen LogP contribution in [0.3, 0.4) is 0 Å². The second-order valence-electron chi connectivity index (χ2n) is 5.42. The summed E-state index contributed by atoms with van der Waals surface area (Å²) in [7, 11) is 1.66. The molecule has 0 radical (unpaired) electrons. The highest BCUT2D eigenvalue weighted by atomic mass is 16.5. The molecule has 0 fully saturated rings. The number of ether oxygens (including phenoxy) is 1. The van der Waals surface area contributed by atoms with Crippen molar-refractivity contribution in [3.05, 3.63) is 71.3 Å². The quantitative estimate of drug-likeness (QED) is 0.794. The topological polar surface area (TPSA) is 70.4 Å². The first kappa shape index (κ1) is 17.2. The summed E-state index contributed by atoms with van der Waals surface area (Å²) in [5.74, 6) is -0.912. The number of amides is 1. The van der Waals surface area contributed by atoms with E-state index >= 15 is 0 Å². The molecule has 1 amide bonds. The zero-order valence-electron chi connectivity index (χ0n) is 13.6. The van der Waals surface area contributed by atoms with Crippen molar-refractivity contribution in [2.45, 2.75) is 19.6 Å². The summed E-state index contributed by atoms with van der Waals surface area (Å²) < 4.78 is 5.22. The highest BCUT2D eigenvalue weighted by molar-refractivity contribution is 5.92. The summed E-state index contributed by atoms with van der Waals surface area (Å²) in [6, 6.07) is 17.7. The zero-order valence-corrected chi connectivity index (χ0v) is 13.6. The minimum Gasteiger partial charge on any atom is -0.449 e. The van der Waals surface area contributed by atoms with Crippen LogP contribution in [0.5, 0.6) is 0 Å². The molecule has 1 atom stereocenters. The van der Waals surface area contributed by atoms with E-state index in [9.17, 15) is 9.59 Å². The lowest BCUT2D eigenvalue weighted by atomic mass is 10.1. The van der Waals surface area contributed by atoms with Gasteiger partial charge in [-0.3, -0.25) is 4.79 Å². The lowest BCUT2D eigenvalue weighted by Gasteiger charge is -2.21. The maximum absolute atomic E-state index is 12.3. The van der Waals surface area contributed by atoms with E-state index in [0.29, 0.717) is 12.1 Å². The Kier molecular flexibility index (Phi) is 5.69. The van der Waals surface area contributed by atoms with Crippen LogP contribution in [0.2, 0.25) is 0 Å². The maximum atomic E-state index is 12.3. The lowest BCUT2D eigenvalue weighted by Crippen LogP contribution is -2.37. The number of carbonyl (C=O) groups excluding carboxylic acids is 2. The molecule has 24 heavy (non-hydrogen) atoms. The maximum Gasteiger partial charge on any atom is 0.338 e. The predicted molar refractivity (Wildman–Crippen MR) is 89.0 cm³/mol. The molecule has 0 heterocycles. The van der Waals surface area contributed by atoms with Gasteiger partial charge >= 0.3 is 5.97 Å². The number of esters is 1. The summed E-state index contributed by atoms with van der Waals surface area (Å²) >= 11 is 0. The number of carbonyl (C=O) groups is 2. The lowest BCUT2D eigenvalue weighted by molar-refractivity contribution is -0.139. The molecule has 0 aliphatic heterocycles. The van der Waals surface area contributed by atoms with Crippen molar-refractivity contribution in [3.8, 4) is 6.07 Å². The van der Waals surface area contributed by atoms with Gasteiger partial charge in [0.25, 0.3) is 5.91 Å². The molecule has 0 saturated carbocycles. The third kappa shape index (κ3) is 4.43. The Labute approximate surface area is 141 Å². The summed E-state index contributed by atoms with van der Waals surface area (Å²) in [4.78, 5) is 26.0. The number of benzene rings is 2. The van der Waals surface area contributed by atoms with Gasteiger partial charge in [0, 0.05) is 13.6 Å². The number of likely N-dealkylation sites (N-methyl/N-ethyl adjacent to an activating group) is 1. The van der Waals surface area contributed by atoms with Gasteiger partial charge in [0.15, 0.2) is 6.10 Å². The average molecular weight is 322 g/mol. The smallest absolute Gasteiger partial charge is 0.338 e. The van der Waals surface area contributed by atoms with Crippen LogP contribution < -0.4 is 0 Å². The van der Waals surface area contributed by atoms with E-state index < -0.39 is 12.1 Å². The highest BCUT2D eigenvalue weighted by Gasteiger charge is 2.22. The van der Waals surface area contributed by atoms with Crippen LogP contribution in [0.25, 0.3) is 0 Å². The Hall–Kier alpha value is -3.13. The van der Waals surface area contributed by atoms with Crippen LogP contribution in [0.1, 0.15) is 28.4 Å². The number of rotatable bonds is 5. The number of hydrogen-bond donors (Lipinski definition) is 0. The SMILES string of the molecule is C[C@H](OC(=O)c1cccc(C#N)c1)C(=O)N(C)Cc1ccccc1. The van der Waals surface area contributed by atoms with Crippen molar-refractivity contribution in [1.29, 1.82) is 5.26 Å². The molecular formula is C19H18N2O3. The molecule has 5 nitrogen and oxygen atoms in total. The van der Waals surface area contributed by atoms with Gasteiger partial charge in [-0.05, 0) is 30.7 Å². The van der Waals surface area contributed by atoms with Crippen molar-refractivity contribution >= 4 is 11.9 Å². The van der Waals surface area contributed by atoms with Crippen molar-refractivity contribution in [1.82, 2.24) is 4.90 Å². The highest BCUT2D eigenvalue weighted by Crippen LogP contribution is 2.10. The van der Waals surface area contributed by atoms with E-state index in [1.165, 1.54) is 17.9 Å². The zero-order chi connectivity index (χ0) is 17.5. The van der Waals surface area contributed by atoms with Crippen LogP contribution in [-0.2, 0) is 16.1 Å². The van der Waals surface area contributed by atoms with E-state index in [1.807, 2.05) is 36.4 Å². The van der Waals surface area contributed by atoms with Crippen LogP contribution >= 0.6 is 0 Å². The van der Waals surface area contributed by atoms with Gasteiger partial charge in [-0.1, -0.05) is 36.4 Å². The molecule has 5 heteroatoms. The van der Waals surface area contributed by atoms with Gasteiger partial charge in [-0.25, -0.2) is 4.79 Å². The van der Waals surface area contributed by atoms with Gasteiger partial charge in [-0.2, -0.15) is 5.26 Å². The van der Waals surface area contributed by atoms with Crippen molar-refractivity contribution in [2.24, 2.45) is 0 Å². The van der Waals surface area contributed by atoms with E-state index in [-0.39, 0.29) is 11.5 Å². The average Bonchev–Trinajstić information content (AvgIpc) is 2.61. The fraction of sp³-hybridized carbons (Fsp3) is 0.211. The van der Waals surface area contributed by atoms with Gasteiger partial charge in [0.2, 0.25) is 0 Å². The summed E-state index contributed by atoms with van der Waals surface area (Å²) in [6.07, 6.45) is -0.906. The molecule has 2 aromatic rings. The molecule has 0 unspecified atom stereocenters. The summed E-state index contributed by atoms with van der Waals surface area (Å²) in [5, 5.41) is 8.86. The Bertz CT molecular complexity index is 766. The molecule has 0 spiro atoms. The summed E-state index contributed by atoms with van der Waals surface area (Å²) in [5.41, 5.74) is 1.61. The standard InChI is InChI=1S/C19H18N2O3/c1-14(18(22)21(2)13-15-7-4-3-5-8-15)24-19(23)17-10-6-9-16(11-17)12-20/h3-11,14H,13H2,1-2H3/t14-/m0/s1. The Morgan fingerprint density at radius 2 is 1.88 bits per heavy atom. The number of hydrogen-bond acceptors (Lipinski definition) is 4. The minimum absolute atomic E-state index is 0.249. The molecule has 2 aromatic carbocycles. The van der Waals surface area contributed by atoms with Crippen LogP contribution in [0.4, 0.5) is 0 Å². The molecule has 0 aliphatic carbocycles. The van der Waals surface area contributed by atoms with Crippen LogP contribution in [0, 0.1) is 11.3 Å². The van der Waals surface area contributed by atoms with Gasteiger partial charge in [0.05, 0.1) is 17.2 Å². The molecule has 0 aromatic heterocycles. The van der Waals surface area contributed by atoms with E-state index in [4.69, 9.17) is 10.00 Å². The van der Waals surface area contributed by atoms with Crippen molar-refractivity contribution < 1.29 is 14.3 Å². The Balaban J connectivity index is 1.97. The molecule has 0 aliphatic rings. The first-order chi connectivity index (χ1) is 11.5. The minimum atomic E-state index is -0.906. The molecular weight excluding hydrogens is 304 g/mol. The normalized spacial score (nSPS) is 11.2. The largest absolute Gasteiger partial charge is 0.449 e. The fourth-order valence-electron chi connectivity index (χ4n) is 2.24. The molecule has 0 N–H and O–H groups in total. The molecule has 0 saturated heterocycles. The predicted octanol–water partition coefficient (Wildman–Crippen LogP) is 2.76. The van der Waals surface area contributed by atoms with Gasteiger partial charge in [0.1, 0.15) is 0 Å². The number of nitriles is 1. The third-order valence-corrected chi connectivity index (χ3v) is 3.50. The Morgan fingerprint density at radius 1 is 1.17 bits per heavy atom. The van der Waals surface area contributed by atoms with E-state index in [1.54, 1.807) is 25.2 Å². The second kappa shape index (κ2) is 7.93. The third-order valence-electron chi connectivity index (χ3n) is 3.50. The van der Waals surface area contributed by atoms with E-state index in [0.717, 1.165) is 5.56 Å². The second-order valence-corrected chi connectivity index (χ2v) is 5.42. The first-order valence-electron chi connectivity index (χ1n) is 7.51. The van der Waals surface area contributed by atoms with Gasteiger partial charge < -0.3 is 9.64 Å². The van der Waals surface area contributed by atoms with Crippen LogP contribution in [0.15, 0.2) is 54.6 Å². The van der Waals surface area contributed by atoms with Crippen molar-refractivity contribution in [3.63, 3.8) is 0 Å². The van der Waals surface area contributed by atoms with Crippen LogP contribution in [-0.4, -0.2) is 29.9 Å². The van der Waals surface area contributed by atoms with Crippen molar-refractivity contribution in [2.75, 3.05) is 7.05 Å². The molecule has 122 valence electrons. The van der Waals surface area contributed by atoms with E-state index in [2.05, 4.69) is 0 Å². The van der Waals surface area contributed by atoms with Gasteiger partial charge in [-0.15, -0.1) is 0 Å². The fourth-order valence-corrected chi connectivity index (χ4v) is 2.24. The monoisotopic (exact) mass is 322 g/mol. The summed E-state index contributed by atoms with van der Waals surface area (Å²) in [6.45, 7) is 1.97. The molecule has 0 bridgehead atoms. The first-order valence-corrected chi connectivity index (χ1v) is 7.51. The number of nitrogens with zero attached hydrogens (tertiary/aromatic N) is 2. The molecule has 2 rings (SSSR count). The Morgan fingerprint density at radius 3 is 2.54 bits per heavy atom.